The van der Waals surface area contributed by atoms with E-state index in [0.29, 0.717) is 12.1 Å². The van der Waals surface area contributed by atoms with Crippen LogP contribution in [0.4, 0.5) is 22.0 Å². The number of anilines is 3. The Hall–Kier alpha value is -3.20. The van der Waals surface area contributed by atoms with Gasteiger partial charge in [0.1, 0.15) is 11.4 Å². The normalized spacial score (nSPS) is 17.8. The topological polar surface area (TPSA) is 96.5 Å². The first kappa shape index (κ1) is 24.5. The van der Waals surface area contributed by atoms with E-state index >= 15 is 0 Å². The number of nitrogens with one attached hydrogen (secondary N) is 2. The van der Waals surface area contributed by atoms with Crippen molar-refractivity contribution in [1.82, 2.24) is 15.3 Å². The number of pyridine rings is 2. The molecular formula is C27H30BrN5O3. The summed E-state index contributed by atoms with van der Waals surface area (Å²) >= 11 is 3.54. The lowest BCUT2D eigenvalue weighted by Crippen LogP contribution is -2.40. The molecule has 9 heteroatoms. The molecule has 2 aromatic heterocycles. The highest BCUT2D eigenvalue weighted by molar-refractivity contribution is 9.10. The fraction of sp³-hybridized carbons (Fsp3) is 0.407. The largest absolute Gasteiger partial charge is 0.444 e. The van der Waals surface area contributed by atoms with Crippen molar-refractivity contribution in [2.45, 2.75) is 51.7 Å². The number of fused-ring (bicyclic) bond motifs is 1. The van der Waals surface area contributed by atoms with Crippen molar-refractivity contribution in [1.29, 1.82) is 0 Å². The molecule has 1 aromatic carbocycles. The van der Waals surface area contributed by atoms with Crippen molar-refractivity contribution in [3.05, 3.63) is 52.8 Å². The molecule has 0 bridgehead atoms. The van der Waals surface area contributed by atoms with Gasteiger partial charge in [0.05, 0.1) is 34.7 Å². The summed E-state index contributed by atoms with van der Waals surface area (Å²) in [6.07, 6.45) is 5.76. The van der Waals surface area contributed by atoms with Crippen LogP contribution in [0.25, 0.3) is 10.9 Å². The Balaban J connectivity index is 1.31. The van der Waals surface area contributed by atoms with Crippen molar-refractivity contribution in [2.24, 2.45) is 5.92 Å². The Labute approximate surface area is 219 Å². The molecule has 36 heavy (non-hydrogen) atoms. The zero-order valence-corrected chi connectivity index (χ0v) is 22.3. The second-order valence-electron chi connectivity index (χ2n) is 10.5. The number of halogens is 1. The molecule has 3 heterocycles. The Morgan fingerprint density at radius 2 is 1.89 bits per heavy atom. The molecule has 2 N–H and O–H groups in total. The zero-order valence-electron chi connectivity index (χ0n) is 20.7. The Kier molecular flexibility index (Phi) is 6.59. The fourth-order valence-corrected chi connectivity index (χ4v) is 4.76. The highest BCUT2D eigenvalue weighted by Crippen LogP contribution is 2.38. The van der Waals surface area contributed by atoms with Crippen LogP contribution in [0.15, 0.2) is 47.2 Å². The van der Waals surface area contributed by atoms with Crippen LogP contribution >= 0.6 is 15.9 Å². The minimum atomic E-state index is -0.522. The van der Waals surface area contributed by atoms with Gasteiger partial charge in [0.25, 0.3) is 0 Å². The lowest BCUT2D eigenvalue weighted by Gasteiger charge is -2.22. The third-order valence-corrected chi connectivity index (χ3v) is 6.79. The van der Waals surface area contributed by atoms with Gasteiger partial charge in [-0.25, -0.2) is 9.78 Å². The molecule has 1 unspecified atom stereocenters. The van der Waals surface area contributed by atoms with E-state index in [1.807, 2.05) is 51.1 Å². The summed E-state index contributed by atoms with van der Waals surface area (Å²) in [5.74, 6) is 1.07. The van der Waals surface area contributed by atoms with Crippen LogP contribution < -0.4 is 15.5 Å². The van der Waals surface area contributed by atoms with Gasteiger partial charge in [-0.3, -0.25) is 9.78 Å². The summed E-state index contributed by atoms with van der Waals surface area (Å²) in [6.45, 7) is 7.02. The molecule has 1 aliphatic carbocycles. The molecule has 0 radical (unpaired) electrons. The van der Waals surface area contributed by atoms with E-state index < -0.39 is 11.7 Å². The molecule has 1 aliphatic heterocycles. The van der Waals surface area contributed by atoms with Crippen molar-refractivity contribution < 1.29 is 14.3 Å². The summed E-state index contributed by atoms with van der Waals surface area (Å²) in [5, 5.41) is 7.28. The van der Waals surface area contributed by atoms with Crippen molar-refractivity contribution >= 4 is 55.9 Å². The Bertz CT molecular complexity index is 1300. The number of hydrogen-bond acceptors (Lipinski definition) is 7. The predicted molar refractivity (Wildman–Crippen MR) is 144 cm³/mol. The van der Waals surface area contributed by atoms with E-state index in [9.17, 15) is 9.59 Å². The Morgan fingerprint density at radius 3 is 2.58 bits per heavy atom. The lowest BCUT2D eigenvalue weighted by molar-refractivity contribution is 0.0509. The van der Waals surface area contributed by atoms with E-state index in [2.05, 4.69) is 41.4 Å². The second kappa shape index (κ2) is 9.69. The van der Waals surface area contributed by atoms with Crippen LogP contribution in [0, 0.1) is 5.92 Å². The van der Waals surface area contributed by atoms with Crippen LogP contribution in [0.1, 0.15) is 50.4 Å². The number of rotatable bonds is 6. The van der Waals surface area contributed by atoms with Crippen molar-refractivity contribution in [3.8, 4) is 0 Å². The molecular weight excluding hydrogens is 522 g/mol. The number of carbonyl (C=O) groups excluding carboxylic acids is 2. The molecule has 5 rings (SSSR count). The molecule has 1 saturated carbocycles. The number of ether oxygens (including phenoxy) is 1. The summed E-state index contributed by atoms with van der Waals surface area (Å²) in [5.41, 5.74) is 2.46. The maximum Gasteiger partial charge on any atom is 0.407 e. The van der Waals surface area contributed by atoms with Gasteiger partial charge in [0.15, 0.2) is 5.78 Å². The Morgan fingerprint density at radius 1 is 1.08 bits per heavy atom. The number of alkyl carbamates (subject to hydrolysis) is 1. The number of benzene rings is 1. The van der Waals surface area contributed by atoms with E-state index in [0.717, 1.165) is 58.4 Å². The minimum Gasteiger partial charge on any atom is -0.444 e. The standard InChI is InChI=1S/C27H30BrN5O3/c1-27(2,3)36-26(35)32-19-10-11-33(15-19)23-9-7-18(13-30-23)31-24-20-12-17(28)6-8-22(20)29-14-21(24)25(34)16-4-5-16/h6-9,12-14,16,19H,4-5,10-11,15H2,1-3H3,(H,29,31)(H,32,35). The molecule has 8 nitrogen and oxygen atoms in total. The number of carbonyl (C=O) groups is 2. The third kappa shape index (κ3) is 5.61. The molecule has 2 fully saturated rings. The molecule has 0 spiro atoms. The minimum absolute atomic E-state index is 0.0112. The molecule has 1 atom stereocenters. The quantitative estimate of drug-likeness (QED) is 0.372. The third-order valence-electron chi connectivity index (χ3n) is 6.29. The summed E-state index contributed by atoms with van der Waals surface area (Å²) in [6, 6.07) is 9.80. The van der Waals surface area contributed by atoms with E-state index in [4.69, 9.17) is 4.74 Å². The van der Waals surface area contributed by atoms with Crippen LogP contribution in [0.2, 0.25) is 0 Å². The average molecular weight is 552 g/mol. The molecule has 188 valence electrons. The van der Waals surface area contributed by atoms with Gasteiger partial charge in [-0.05, 0) is 70.4 Å². The van der Waals surface area contributed by atoms with Gasteiger partial charge in [0, 0.05) is 35.1 Å². The molecule has 1 amide bonds. The van der Waals surface area contributed by atoms with Crippen LogP contribution in [-0.4, -0.2) is 46.6 Å². The van der Waals surface area contributed by atoms with Crippen LogP contribution in [0.5, 0.6) is 0 Å². The summed E-state index contributed by atoms with van der Waals surface area (Å²) < 4.78 is 6.30. The lowest BCUT2D eigenvalue weighted by atomic mass is 10.0. The van der Waals surface area contributed by atoms with Gasteiger partial charge in [0.2, 0.25) is 0 Å². The molecule has 3 aromatic rings. The SMILES string of the molecule is CC(C)(C)OC(=O)NC1CCN(c2ccc(Nc3c(C(=O)C4CC4)cnc4ccc(Br)cc34)cn2)C1. The maximum atomic E-state index is 13.0. The number of Topliss-reactive ketones (excluding diaryl/α,β-unsaturated/α-hetero) is 1. The first-order chi connectivity index (χ1) is 17.2. The van der Waals surface area contributed by atoms with E-state index in [1.54, 1.807) is 12.4 Å². The van der Waals surface area contributed by atoms with Crippen LogP contribution in [-0.2, 0) is 4.74 Å². The number of nitrogens with zero attached hydrogens (tertiary/aromatic N) is 3. The number of aromatic nitrogens is 2. The van der Waals surface area contributed by atoms with E-state index in [1.165, 1.54) is 0 Å². The summed E-state index contributed by atoms with van der Waals surface area (Å²) in [4.78, 5) is 36.4. The fourth-order valence-electron chi connectivity index (χ4n) is 4.40. The van der Waals surface area contributed by atoms with Crippen molar-refractivity contribution in [2.75, 3.05) is 23.3 Å². The average Bonchev–Trinajstić information content (AvgIpc) is 3.57. The van der Waals surface area contributed by atoms with Gasteiger partial charge >= 0.3 is 6.09 Å². The van der Waals surface area contributed by atoms with E-state index in [-0.39, 0.29) is 17.7 Å². The van der Waals surface area contributed by atoms with Crippen LogP contribution in [0.3, 0.4) is 0 Å². The van der Waals surface area contributed by atoms with Gasteiger partial charge in [-0.1, -0.05) is 15.9 Å². The second-order valence-corrected chi connectivity index (χ2v) is 11.4. The first-order valence-corrected chi connectivity index (χ1v) is 13.1. The van der Waals surface area contributed by atoms with Gasteiger partial charge in [-0.2, -0.15) is 0 Å². The maximum absolute atomic E-state index is 13.0. The first-order valence-electron chi connectivity index (χ1n) is 12.3. The molecule has 2 aliphatic rings. The predicted octanol–water partition coefficient (Wildman–Crippen LogP) is 5.83. The number of amides is 1. The number of hydrogen-bond donors (Lipinski definition) is 2. The van der Waals surface area contributed by atoms with Gasteiger partial charge in [-0.15, -0.1) is 0 Å². The smallest absolute Gasteiger partial charge is 0.407 e. The molecule has 1 saturated heterocycles. The number of ketones is 1. The zero-order chi connectivity index (χ0) is 25.4. The summed E-state index contributed by atoms with van der Waals surface area (Å²) in [7, 11) is 0. The highest BCUT2D eigenvalue weighted by atomic mass is 79.9. The monoisotopic (exact) mass is 551 g/mol. The van der Waals surface area contributed by atoms with Gasteiger partial charge < -0.3 is 20.3 Å². The van der Waals surface area contributed by atoms with Crippen molar-refractivity contribution in [3.63, 3.8) is 0 Å². The highest BCUT2D eigenvalue weighted by Gasteiger charge is 2.33.